The van der Waals surface area contributed by atoms with Crippen LogP contribution in [-0.2, 0) is 11.4 Å². The Kier molecular flexibility index (Phi) is 8.66. The van der Waals surface area contributed by atoms with Gasteiger partial charge in [-0.3, -0.25) is 4.79 Å². The first kappa shape index (κ1) is 25.0. The third-order valence-corrected chi connectivity index (χ3v) is 6.01. The van der Waals surface area contributed by atoms with Crippen LogP contribution in [0.15, 0.2) is 66.2 Å². The van der Waals surface area contributed by atoms with Gasteiger partial charge >= 0.3 is 0 Å². The highest BCUT2D eigenvalue weighted by Gasteiger charge is 2.15. The molecule has 4 nitrogen and oxygen atoms in total. The molecule has 0 radical (unpaired) electrons. The molecule has 0 heterocycles. The number of hydrogen-bond acceptors (Lipinski definition) is 3. The summed E-state index contributed by atoms with van der Waals surface area (Å²) in [7, 11) is 0. The van der Waals surface area contributed by atoms with E-state index in [4.69, 9.17) is 51.1 Å². The second-order valence-corrected chi connectivity index (χ2v) is 8.76. The Bertz CT molecular complexity index is 1210. The average Bonchev–Trinajstić information content (AvgIpc) is 2.79. The van der Waals surface area contributed by atoms with E-state index in [1.807, 2.05) is 43.3 Å². The van der Waals surface area contributed by atoms with Gasteiger partial charge < -0.3 is 10.1 Å². The molecule has 0 aromatic heterocycles. The molecule has 3 aromatic carbocycles. The molecular formula is C25H18Cl4N2O2. The van der Waals surface area contributed by atoms with Crippen LogP contribution in [0, 0.1) is 11.3 Å². The molecule has 0 aliphatic rings. The molecule has 33 heavy (non-hydrogen) atoms. The number of nitrogens with zero attached hydrogens (tertiary/aromatic N) is 1. The Hall–Kier alpha value is -2.68. The number of amides is 1. The third kappa shape index (κ3) is 6.66. The summed E-state index contributed by atoms with van der Waals surface area (Å²) in [6, 6.07) is 19.4. The molecule has 0 fully saturated rings. The van der Waals surface area contributed by atoms with E-state index in [1.165, 1.54) is 6.08 Å². The Balaban J connectivity index is 1.74. The van der Waals surface area contributed by atoms with Crippen molar-refractivity contribution in [2.24, 2.45) is 0 Å². The van der Waals surface area contributed by atoms with Crippen LogP contribution in [0.2, 0.25) is 20.1 Å². The van der Waals surface area contributed by atoms with E-state index in [1.54, 1.807) is 30.3 Å². The van der Waals surface area contributed by atoms with Crippen LogP contribution in [-0.4, -0.2) is 5.91 Å². The molecular weight excluding hydrogens is 502 g/mol. The first-order valence-electron chi connectivity index (χ1n) is 9.82. The van der Waals surface area contributed by atoms with Crippen molar-refractivity contribution in [1.29, 1.82) is 5.26 Å². The fraction of sp³-hybridized carbons (Fsp3) is 0.120. The normalized spacial score (nSPS) is 12.1. The summed E-state index contributed by atoms with van der Waals surface area (Å²) in [6.45, 7) is 2.02. The Morgan fingerprint density at radius 1 is 1.00 bits per heavy atom. The van der Waals surface area contributed by atoms with E-state index in [0.29, 0.717) is 15.6 Å². The van der Waals surface area contributed by atoms with E-state index in [-0.39, 0.29) is 34.0 Å². The molecule has 0 saturated heterocycles. The average molecular weight is 520 g/mol. The van der Waals surface area contributed by atoms with Gasteiger partial charge in [-0.15, -0.1) is 0 Å². The fourth-order valence-electron chi connectivity index (χ4n) is 3.00. The molecule has 0 unspecified atom stereocenters. The predicted molar refractivity (Wildman–Crippen MR) is 134 cm³/mol. The van der Waals surface area contributed by atoms with Crippen molar-refractivity contribution in [3.05, 3.63) is 103 Å². The molecule has 1 amide bonds. The maximum atomic E-state index is 12.6. The maximum Gasteiger partial charge on any atom is 0.262 e. The summed E-state index contributed by atoms with van der Waals surface area (Å²) in [5, 5.41) is 13.7. The van der Waals surface area contributed by atoms with Gasteiger partial charge in [0.05, 0.1) is 26.1 Å². The van der Waals surface area contributed by atoms with Gasteiger partial charge in [-0.2, -0.15) is 5.26 Å². The highest BCUT2D eigenvalue weighted by Crippen LogP contribution is 2.36. The summed E-state index contributed by atoms with van der Waals surface area (Å²) >= 11 is 24.7. The fourth-order valence-corrected chi connectivity index (χ4v) is 3.93. The number of halogens is 4. The highest BCUT2D eigenvalue weighted by atomic mass is 35.5. The van der Waals surface area contributed by atoms with Crippen LogP contribution in [0.5, 0.6) is 5.75 Å². The number of carbonyl (C=O) groups excluding carboxylic acids is 1. The van der Waals surface area contributed by atoms with E-state index in [0.717, 1.165) is 11.1 Å². The largest absolute Gasteiger partial charge is 0.486 e. The monoisotopic (exact) mass is 518 g/mol. The number of nitrogens with one attached hydrogen (secondary N) is 1. The molecule has 3 aromatic rings. The lowest BCUT2D eigenvalue weighted by Gasteiger charge is -2.14. The van der Waals surface area contributed by atoms with E-state index in [9.17, 15) is 10.1 Å². The van der Waals surface area contributed by atoms with Crippen molar-refractivity contribution in [3.63, 3.8) is 0 Å². The van der Waals surface area contributed by atoms with Crippen molar-refractivity contribution in [2.75, 3.05) is 0 Å². The predicted octanol–water partition coefficient (Wildman–Crippen LogP) is 7.66. The lowest BCUT2D eigenvalue weighted by molar-refractivity contribution is -0.117. The van der Waals surface area contributed by atoms with E-state index in [2.05, 4.69) is 5.32 Å². The van der Waals surface area contributed by atoms with Crippen molar-refractivity contribution in [2.45, 2.75) is 19.6 Å². The zero-order chi connectivity index (χ0) is 24.0. The van der Waals surface area contributed by atoms with Crippen molar-refractivity contribution in [1.82, 2.24) is 5.32 Å². The molecule has 168 valence electrons. The Morgan fingerprint density at radius 3 is 2.27 bits per heavy atom. The summed E-state index contributed by atoms with van der Waals surface area (Å²) in [4.78, 5) is 12.6. The molecule has 0 bridgehead atoms. The van der Waals surface area contributed by atoms with Crippen molar-refractivity contribution in [3.8, 4) is 11.8 Å². The molecule has 1 atom stereocenters. The first-order valence-corrected chi connectivity index (χ1v) is 11.3. The minimum absolute atomic E-state index is 0.0746. The standard InChI is InChI=1S/C25H18Cl4N2O2/c1-15(18-5-3-2-4-6-18)31-25(32)19(13-30)9-17-11-22(28)24(23(29)12-17)33-14-16-7-8-20(26)21(27)10-16/h2-12,15H,14H2,1H3,(H,31,32)/b19-9-/t15-/m0/s1. The number of benzene rings is 3. The lowest BCUT2D eigenvalue weighted by Crippen LogP contribution is -2.27. The minimum atomic E-state index is -0.499. The summed E-state index contributed by atoms with van der Waals surface area (Å²) in [6.07, 6.45) is 1.42. The molecule has 0 saturated carbocycles. The third-order valence-electron chi connectivity index (χ3n) is 4.71. The van der Waals surface area contributed by atoms with Gasteiger partial charge in [-0.05, 0) is 54.0 Å². The molecule has 0 spiro atoms. The second-order valence-electron chi connectivity index (χ2n) is 7.13. The topological polar surface area (TPSA) is 62.1 Å². The van der Waals surface area contributed by atoms with Crippen LogP contribution in [0.4, 0.5) is 0 Å². The minimum Gasteiger partial charge on any atom is -0.486 e. The zero-order valence-corrected chi connectivity index (χ0v) is 20.4. The second kappa shape index (κ2) is 11.4. The van der Waals surface area contributed by atoms with Crippen LogP contribution in [0.3, 0.4) is 0 Å². The zero-order valence-electron chi connectivity index (χ0n) is 17.4. The van der Waals surface area contributed by atoms with Gasteiger partial charge in [-0.1, -0.05) is 82.8 Å². The van der Waals surface area contributed by atoms with Crippen molar-refractivity contribution >= 4 is 58.4 Å². The Labute approximate surface area is 212 Å². The van der Waals surface area contributed by atoms with E-state index < -0.39 is 5.91 Å². The molecule has 8 heteroatoms. The van der Waals surface area contributed by atoms with Crippen molar-refractivity contribution < 1.29 is 9.53 Å². The number of rotatable bonds is 7. The molecule has 0 aliphatic carbocycles. The summed E-state index contributed by atoms with van der Waals surface area (Å²) in [5.41, 5.74) is 2.13. The maximum absolute atomic E-state index is 12.6. The number of nitriles is 1. The number of ether oxygens (including phenoxy) is 1. The summed E-state index contributed by atoms with van der Waals surface area (Å²) in [5.74, 6) is -0.219. The van der Waals surface area contributed by atoms with E-state index >= 15 is 0 Å². The summed E-state index contributed by atoms with van der Waals surface area (Å²) < 4.78 is 5.75. The quantitative estimate of drug-likeness (QED) is 0.257. The van der Waals surface area contributed by atoms with Gasteiger partial charge in [0.1, 0.15) is 18.2 Å². The van der Waals surface area contributed by atoms with Gasteiger partial charge in [0.15, 0.2) is 5.75 Å². The first-order chi connectivity index (χ1) is 15.8. The SMILES string of the molecule is C[C@H](NC(=O)/C(C#N)=C\c1cc(Cl)c(OCc2ccc(Cl)c(Cl)c2)c(Cl)c1)c1ccccc1. The van der Waals surface area contributed by atoms with Gasteiger partial charge in [0, 0.05) is 0 Å². The number of hydrogen-bond donors (Lipinski definition) is 1. The lowest BCUT2D eigenvalue weighted by atomic mass is 10.1. The van der Waals surface area contributed by atoms with Gasteiger partial charge in [0.2, 0.25) is 0 Å². The highest BCUT2D eigenvalue weighted by molar-refractivity contribution is 6.42. The van der Waals surface area contributed by atoms with Gasteiger partial charge in [-0.25, -0.2) is 0 Å². The Morgan fingerprint density at radius 2 is 1.67 bits per heavy atom. The molecule has 1 N–H and O–H groups in total. The molecule has 0 aliphatic heterocycles. The van der Waals surface area contributed by atoms with Crippen LogP contribution >= 0.6 is 46.4 Å². The van der Waals surface area contributed by atoms with Crippen LogP contribution < -0.4 is 10.1 Å². The van der Waals surface area contributed by atoms with Crippen LogP contribution in [0.1, 0.15) is 29.7 Å². The van der Waals surface area contributed by atoms with Gasteiger partial charge in [0.25, 0.3) is 5.91 Å². The molecule has 3 rings (SSSR count). The smallest absolute Gasteiger partial charge is 0.262 e. The number of carbonyl (C=O) groups is 1. The van der Waals surface area contributed by atoms with Crippen LogP contribution in [0.25, 0.3) is 6.08 Å².